The van der Waals surface area contributed by atoms with Crippen molar-refractivity contribution in [2.45, 2.75) is 13.8 Å². The van der Waals surface area contributed by atoms with Crippen LogP contribution in [0.3, 0.4) is 0 Å². The smallest absolute Gasteiger partial charge is 0.222 e. The topological polar surface area (TPSA) is 128 Å². The first kappa shape index (κ1) is 17.4. The molecule has 2 heterocycles. The van der Waals surface area contributed by atoms with E-state index in [4.69, 9.17) is 11.5 Å². The zero-order valence-electron chi connectivity index (χ0n) is 14.8. The number of nitrogens with one attached hydrogen (secondary N) is 2. The average molecular weight is 350 g/mol. The van der Waals surface area contributed by atoms with E-state index in [0.717, 1.165) is 11.3 Å². The van der Waals surface area contributed by atoms with Crippen LogP contribution in [0.15, 0.2) is 36.5 Å². The zero-order valence-corrected chi connectivity index (χ0v) is 14.8. The van der Waals surface area contributed by atoms with Crippen molar-refractivity contribution in [1.29, 1.82) is 0 Å². The Morgan fingerprint density at radius 3 is 2.15 bits per heavy atom. The van der Waals surface area contributed by atoms with Gasteiger partial charge >= 0.3 is 0 Å². The lowest BCUT2D eigenvalue weighted by Crippen LogP contribution is -2.16. The zero-order chi connectivity index (χ0) is 18.5. The molecule has 1 aromatic carbocycles. The van der Waals surface area contributed by atoms with E-state index >= 15 is 0 Å². The highest BCUT2D eigenvalue weighted by Gasteiger charge is 2.06. The molecule has 0 spiro atoms. The number of nitrogens with two attached hydrogens (primary N) is 2. The van der Waals surface area contributed by atoms with E-state index in [1.54, 1.807) is 12.3 Å². The molecule has 8 heteroatoms. The fraction of sp³-hybridized carbons (Fsp3) is 0.222. The minimum atomic E-state index is 0.237. The van der Waals surface area contributed by atoms with Gasteiger partial charge in [-0.05, 0) is 32.0 Å². The van der Waals surface area contributed by atoms with Crippen LogP contribution in [0.25, 0.3) is 11.3 Å². The molecule has 0 amide bonds. The van der Waals surface area contributed by atoms with Crippen molar-refractivity contribution in [1.82, 2.24) is 19.9 Å². The summed E-state index contributed by atoms with van der Waals surface area (Å²) in [5.74, 6) is 1.83. The summed E-state index contributed by atoms with van der Waals surface area (Å²) in [6.07, 6.45) is 1.61. The average Bonchev–Trinajstić information content (AvgIpc) is 2.57. The molecule has 0 aliphatic rings. The van der Waals surface area contributed by atoms with Gasteiger partial charge in [-0.15, -0.1) is 0 Å². The molecule has 0 bridgehead atoms. The van der Waals surface area contributed by atoms with Crippen molar-refractivity contribution in [3.63, 3.8) is 0 Å². The lowest BCUT2D eigenvalue weighted by atomic mass is 10.0. The van der Waals surface area contributed by atoms with Crippen LogP contribution in [0.2, 0.25) is 0 Å². The monoisotopic (exact) mass is 350 g/mol. The summed E-state index contributed by atoms with van der Waals surface area (Å²) in [7, 11) is 0. The van der Waals surface area contributed by atoms with Gasteiger partial charge in [-0.2, -0.15) is 9.97 Å². The summed E-state index contributed by atoms with van der Waals surface area (Å²) in [5.41, 5.74) is 15.6. The van der Waals surface area contributed by atoms with Crippen LogP contribution >= 0.6 is 0 Å². The summed E-state index contributed by atoms with van der Waals surface area (Å²) in [5, 5.41) is 6.40. The van der Waals surface area contributed by atoms with E-state index in [-0.39, 0.29) is 11.9 Å². The van der Waals surface area contributed by atoms with Gasteiger partial charge in [0.25, 0.3) is 0 Å². The predicted octanol–water partition coefficient (Wildman–Crippen LogP) is 2.24. The molecule has 0 fully saturated rings. The van der Waals surface area contributed by atoms with Crippen LogP contribution in [0.4, 0.5) is 23.5 Å². The Hall–Kier alpha value is -3.42. The Kier molecular flexibility index (Phi) is 5.12. The largest absolute Gasteiger partial charge is 0.368 e. The van der Waals surface area contributed by atoms with Gasteiger partial charge < -0.3 is 22.1 Å². The Morgan fingerprint density at radius 2 is 1.46 bits per heavy atom. The van der Waals surface area contributed by atoms with E-state index < -0.39 is 0 Å². The second-order valence-electron chi connectivity index (χ2n) is 6.03. The molecular formula is C18H22N8. The summed E-state index contributed by atoms with van der Waals surface area (Å²) < 4.78 is 0. The van der Waals surface area contributed by atoms with Gasteiger partial charge in [0.2, 0.25) is 11.9 Å². The van der Waals surface area contributed by atoms with Gasteiger partial charge in [-0.25, -0.2) is 9.97 Å². The molecule has 0 saturated heterocycles. The Balaban J connectivity index is 1.66. The first-order valence-corrected chi connectivity index (χ1v) is 8.29. The Morgan fingerprint density at radius 1 is 0.808 bits per heavy atom. The highest BCUT2D eigenvalue weighted by atomic mass is 15.1. The maximum absolute atomic E-state index is 5.88. The van der Waals surface area contributed by atoms with Crippen molar-refractivity contribution in [3.8, 4) is 11.3 Å². The molecule has 0 aliphatic heterocycles. The van der Waals surface area contributed by atoms with Crippen molar-refractivity contribution in [3.05, 3.63) is 47.7 Å². The Bertz CT molecular complexity index is 889. The van der Waals surface area contributed by atoms with Crippen molar-refractivity contribution in [2.24, 2.45) is 0 Å². The van der Waals surface area contributed by atoms with Crippen LogP contribution in [-0.2, 0) is 0 Å². The number of benzene rings is 1. The van der Waals surface area contributed by atoms with Gasteiger partial charge in [-0.1, -0.05) is 17.2 Å². The van der Waals surface area contributed by atoms with Crippen LogP contribution in [0.1, 0.15) is 11.1 Å². The molecule has 134 valence electrons. The number of nitrogens with zero attached hydrogens (tertiary/aromatic N) is 4. The molecule has 3 rings (SSSR count). The summed E-state index contributed by atoms with van der Waals surface area (Å²) in [6.45, 7) is 5.39. The number of hydrogen-bond acceptors (Lipinski definition) is 8. The van der Waals surface area contributed by atoms with E-state index in [1.807, 2.05) is 6.07 Å². The molecular weight excluding hydrogens is 328 g/mol. The van der Waals surface area contributed by atoms with E-state index in [2.05, 4.69) is 62.6 Å². The number of aromatic nitrogens is 4. The van der Waals surface area contributed by atoms with Crippen LogP contribution in [0, 0.1) is 13.8 Å². The second kappa shape index (κ2) is 7.64. The summed E-state index contributed by atoms with van der Waals surface area (Å²) in [4.78, 5) is 16.5. The molecule has 0 radical (unpaired) electrons. The maximum Gasteiger partial charge on any atom is 0.222 e. The third-order valence-electron chi connectivity index (χ3n) is 3.67. The number of rotatable bonds is 6. The van der Waals surface area contributed by atoms with Gasteiger partial charge in [0.15, 0.2) is 0 Å². The predicted molar refractivity (Wildman–Crippen MR) is 105 cm³/mol. The standard InChI is InChI=1S/C18H22N8/c1-11-7-12(2)9-13(8-11)14-10-16(26-18(20)24-14)22-6-5-21-15-3-4-23-17(19)25-15/h3-4,7-10H,5-6H2,1-2H3,(H3,19,21,23,25)(H3,20,22,24,26). The highest BCUT2D eigenvalue weighted by molar-refractivity contribution is 5.65. The lowest BCUT2D eigenvalue weighted by molar-refractivity contribution is 1.03. The van der Waals surface area contributed by atoms with Crippen molar-refractivity contribution >= 4 is 23.5 Å². The fourth-order valence-electron chi connectivity index (χ4n) is 2.68. The van der Waals surface area contributed by atoms with Gasteiger partial charge in [0.1, 0.15) is 11.6 Å². The molecule has 0 saturated carbocycles. The second-order valence-corrected chi connectivity index (χ2v) is 6.03. The summed E-state index contributed by atoms with van der Waals surface area (Å²) >= 11 is 0. The Labute approximate surface area is 152 Å². The third kappa shape index (κ3) is 4.56. The lowest BCUT2D eigenvalue weighted by Gasteiger charge is -2.10. The first-order valence-electron chi connectivity index (χ1n) is 8.29. The number of aryl methyl sites for hydroxylation is 2. The molecule has 26 heavy (non-hydrogen) atoms. The minimum Gasteiger partial charge on any atom is -0.368 e. The molecule has 2 aromatic heterocycles. The summed E-state index contributed by atoms with van der Waals surface area (Å²) in [6, 6.07) is 9.95. The fourth-order valence-corrected chi connectivity index (χ4v) is 2.68. The minimum absolute atomic E-state index is 0.237. The van der Waals surface area contributed by atoms with Crippen LogP contribution in [0.5, 0.6) is 0 Å². The van der Waals surface area contributed by atoms with Crippen LogP contribution in [-0.4, -0.2) is 33.0 Å². The quantitative estimate of drug-likeness (QED) is 0.498. The molecule has 3 aromatic rings. The molecule has 0 atom stereocenters. The molecule has 6 N–H and O–H groups in total. The molecule has 0 aliphatic carbocycles. The molecule has 0 unspecified atom stereocenters. The number of hydrogen-bond donors (Lipinski definition) is 4. The SMILES string of the molecule is Cc1cc(C)cc(-c2cc(NCCNc3ccnc(N)n3)nc(N)n2)c1. The normalized spacial score (nSPS) is 10.5. The van der Waals surface area contributed by atoms with Crippen LogP contribution < -0.4 is 22.1 Å². The van der Waals surface area contributed by atoms with E-state index in [1.165, 1.54) is 11.1 Å². The van der Waals surface area contributed by atoms with Crippen molar-refractivity contribution in [2.75, 3.05) is 35.2 Å². The van der Waals surface area contributed by atoms with Crippen molar-refractivity contribution < 1.29 is 0 Å². The van der Waals surface area contributed by atoms with Gasteiger partial charge in [0.05, 0.1) is 5.69 Å². The van der Waals surface area contributed by atoms with E-state index in [0.29, 0.717) is 24.7 Å². The van der Waals surface area contributed by atoms with Gasteiger partial charge in [-0.3, -0.25) is 0 Å². The van der Waals surface area contributed by atoms with E-state index in [9.17, 15) is 0 Å². The highest BCUT2D eigenvalue weighted by Crippen LogP contribution is 2.23. The van der Waals surface area contributed by atoms with Gasteiger partial charge in [0, 0.05) is 30.9 Å². The number of nitrogen functional groups attached to an aromatic ring is 2. The maximum atomic E-state index is 5.88. The third-order valence-corrected chi connectivity index (χ3v) is 3.67. The number of anilines is 4. The first-order chi connectivity index (χ1) is 12.5. The molecule has 8 nitrogen and oxygen atoms in total.